The van der Waals surface area contributed by atoms with Crippen molar-refractivity contribution in [3.05, 3.63) is 66.1 Å². The minimum atomic E-state index is -1.03. The van der Waals surface area contributed by atoms with Crippen LogP contribution in [0.25, 0.3) is 6.08 Å². The van der Waals surface area contributed by atoms with Crippen molar-refractivity contribution in [3.8, 4) is 11.5 Å². The number of benzene rings is 2. The molecule has 0 spiro atoms. The molecular weight excluding hydrogens is 591 g/mol. The molecule has 0 saturated carbocycles. The van der Waals surface area contributed by atoms with E-state index in [2.05, 4.69) is 27.3 Å². The maximum atomic E-state index is 12.8. The third kappa shape index (κ3) is 6.11. The Morgan fingerprint density at radius 1 is 1.23 bits per heavy atom. The monoisotopic (exact) mass is 612 g/mol. The van der Waals surface area contributed by atoms with Crippen LogP contribution in [0.15, 0.2) is 41.3 Å². The zero-order chi connectivity index (χ0) is 25.7. The summed E-state index contributed by atoms with van der Waals surface area (Å²) in [4.78, 5) is 48.3. The van der Waals surface area contributed by atoms with Crippen LogP contribution in [0, 0.1) is 13.7 Å². The maximum absolute atomic E-state index is 12.8. The van der Waals surface area contributed by atoms with Crippen LogP contribution >= 0.6 is 34.4 Å². The highest BCUT2D eigenvalue weighted by molar-refractivity contribution is 14.1. The number of rotatable bonds is 9. The van der Waals surface area contributed by atoms with Gasteiger partial charge >= 0.3 is 5.97 Å². The molecule has 1 saturated heterocycles. The van der Waals surface area contributed by atoms with Crippen LogP contribution in [0.4, 0.5) is 10.5 Å². The molecule has 1 atom stereocenters. The lowest BCUT2D eigenvalue weighted by Crippen LogP contribution is -2.42. The van der Waals surface area contributed by atoms with Gasteiger partial charge in [0.15, 0.2) is 11.5 Å². The second kappa shape index (κ2) is 11.5. The summed E-state index contributed by atoms with van der Waals surface area (Å²) in [6.45, 7) is 3.77. The molecule has 35 heavy (non-hydrogen) atoms. The van der Waals surface area contributed by atoms with Crippen molar-refractivity contribution in [3.63, 3.8) is 0 Å². The number of imide groups is 1. The number of carbonyl (C=O) groups is 3. The average molecular weight is 612 g/mol. The van der Waals surface area contributed by atoms with Gasteiger partial charge < -0.3 is 14.2 Å². The zero-order valence-electron chi connectivity index (χ0n) is 19.0. The lowest BCUT2D eigenvalue weighted by atomic mass is 10.1. The van der Waals surface area contributed by atoms with Crippen LogP contribution in [0.1, 0.15) is 25.0 Å². The highest BCUT2D eigenvalue weighted by atomic mass is 127. The summed E-state index contributed by atoms with van der Waals surface area (Å²) >= 11 is 2.82. The number of nitrogens with zero attached hydrogens (tertiary/aromatic N) is 2. The van der Waals surface area contributed by atoms with E-state index < -0.39 is 28.1 Å². The molecule has 2 aromatic rings. The van der Waals surface area contributed by atoms with E-state index in [0.29, 0.717) is 27.2 Å². The Morgan fingerprint density at radius 3 is 2.51 bits per heavy atom. The van der Waals surface area contributed by atoms with Crippen molar-refractivity contribution in [1.29, 1.82) is 0 Å². The van der Waals surface area contributed by atoms with Gasteiger partial charge in [-0.3, -0.25) is 24.6 Å². The van der Waals surface area contributed by atoms with Crippen molar-refractivity contribution in [2.45, 2.75) is 26.5 Å². The van der Waals surface area contributed by atoms with Gasteiger partial charge in [-0.2, -0.15) is 0 Å². The molecule has 2 amide bonds. The molecule has 0 N–H and O–H groups in total. The largest absolute Gasteiger partial charge is 0.490 e. The summed E-state index contributed by atoms with van der Waals surface area (Å²) < 4.78 is 17.0. The van der Waals surface area contributed by atoms with Crippen LogP contribution < -0.4 is 9.47 Å². The summed E-state index contributed by atoms with van der Waals surface area (Å²) in [6.07, 6.45) is 1.56. The number of esters is 1. The second-order valence-corrected chi connectivity index (χ2v) is 9.38. The summed E-state index contributed by atoms with van der Waals surface area (Å²) in [5.41, 5.74) is 1.34. The predicted molar refractivity (Wildman–Crippen MR) is 137 cm³/mol. The Kier molecular flexibility index (Phi) is 8.72. The van der Waals surface area contributed by atoms with Crippen molar-refractivity contribution < 1.29 is 33.5 Å². The van der Waals surface area contributed by atoms with E-state index >= 15 is 0 Å². The van der Waals surface area contributed by atoms with Crippen LogP contribution in [0.5, 0.6) is 11.5 Å². The van der Waals surface area contributed by atoms with E-state index in [4.69, 9.17) is 9.47 Å². The number of hydrogen-bond donors (Lipinski definition) is 0. The SMILES string of the molecule is CCOc1cc(/C=C2/SC(=O)N([C@H](C)C(=O)OC)C2=O)cc(I)c1OCc1ccc([N+](=O)[O-])cc1. The lowest BCUT2D eigenvalue weighted by molar-refractivity contribution is -0.384. The van der Waals surface area contributed by atoms with Gasteiger partial charge in [0, 0.05) is 12.1 Å². The Balaban J connectivity index is 1.84. The van der Waals surface area contributed by atoms with E-state index in [9.17, 15) is 24.5 Å². The number of carbonyl (C=O) groups excluding carboxylic acids is 3. The van der Waals surface area contributed by atoms with Crippen molar-refractivity contribution in [2.24, 2.45) is 0 Å². The minimum Gasteiger partial charge on any atom is -0.490 e. The molecule has 12 heteroatoms. The number of hydrogen-bond acceptors (Lipinski definition) is 9. The molecular formula is C23H21IN2O8S. The summed E-state index contributed by atoms with van der Waals surface area (Å²) in [6, 6.07) is 8.47. The van der Waals surface area contributed by atoms with Crippen LogP contribution in [-0.2, 0) is 20.9 Å². The van der Waals surface area contributed by atoms with Gasteiger partial charge in [0.05, 0.1) is 27.1 Å². The first kappa shape index (κ1) is 26.5. The van der Waals surface area contributed by atoms with Gasteiger partial charge in [-0.15, -0.1) is 0 Å². The number of halogens is 1. The van der Waals surface area contributed by atoms with E-state index in [0.717, 1.165) is 22.2 Å². The van der Waals surface area contributed by atoms with E-state index in [1.165, 1.54) is 26.2 Å². The molecule has 2 aromatic carbocycles. The highest BCUT2D eigenvalue weighted by Gasteiger charge is 2.41. The molecule has 0 radical (unpaired) electrons. The number of methoxy groups -OCH3 is 1. The fourth-order valence-corrected chi connectivity index (χ4v) is 4.87. The van der Waals surface area contributed by atoms with Gasteiger partial charge in [0.25, 0.3) is 16.8 Å². The maximum Gasteiger partial charge on any atom is 0.328 e. The second-order valence-electron chi connectivity index (χ2n) is 7.23. The number of amides is 2. The smallest absolute Gasteiger partial charge is 0.328 e. The molecule has 184 valence electrons. The normalized spacial score (nSPS) is 15.3. The number of nitro benzene ring substituents is 1. The van der Waals surface area contributed by atoms with Gasteiger partial charge in [-0.05, 0) is 89.7 Å². The Bertz CT molecular complexity index is 1200. The molecule has 0 aliphatic carbocycles. The summed E-state index contributed by atoms with van der Waals surface area (Å²) in [5.74, 6) is -0.342. The Labute approximate surface area is 218 Å². The molecule has 0 bridgehead atoms. The van der Waals surface area contributed by atoms with E-state index in [-0.39, 0.29) is 17.2 Å². The lowest BCUT2D eigenvalue weighted by Gasteiger charge is -2.18. The molecule has 3 rings (SSSR count). The zero-order valence-corrected chi connectivity index (χ0v) is 22.0. The predicted octanol–water partition coefficient (Wildman–Crippen LogP) is 4.77. The first-order valence-corrected chi connectivity index (χ1v) is 12.2. The molecule has 1 fully saturated rings. The van der Waals surface area contributed by atoms with E-state index in [1.54, 1.807) is 30.3 Å². The molecule has 1 heterocycles. The highest BCUT2D eigenvalue weighted by Crippen LogP contribution is 2.38. The molecule has 1 aliphatic heterocycles. The molecule has 0 unspecified atom stereocenters. The molecule has 0 aromatic heterocycles. The van der Waals surface area contributed by atoms with Gasteiger partial charge in [0.1, 0.15) is 12.6 Å². The fraction of sp³-hybridized carbons (Fsp3) is 0.261. The number of thioether (sulfide) groups is 1. The first-order chi connectivity index (χ1) is 16.7. The van der Waals surface area contributed by atoms with Crippen LogP contribution in [0.3, 0.4) is 0 Å². The number of non-ortho nitro benzene ring substituents is 1. The van der Waals surface area contributed by atoms with Crippen LogP contribution in [0.2, 0.25) is 0 Å². The van der Waals surface area contributed by atoms with Crippen molar-refractivity contribution >= 4 is 63.2 Å². The molecule has 1 aliphatic rings. The van der Waals surface area contributed by atoms with E-state index in [1.807, 2.05) is 6.92 Å². The quantitative estimate of drug-likeness (QED) is 0.129. The molecule has 10 nitrogen and oxygen atoms in total. The Morgan fingerprint density at radius 2 is 1.91 bits per heavy atom. The third-order valence-corrected chi connectivity index (χ3v) is 6.60. The third-order valence-electron chi connectivity index (χ3n) is 4.91. The summed E-state index contributed by atoms with van der Waals surface area (Å²) in [5, 5.41) is 10.3. The Hall–Kier alpha value is -3.13. The van der Waals surface area contributed by atoms with Crippen molar-refractivity contribution in [1.82, 2.24) is 4.90 Å². The van der Waals surface area contributed by atoms with Crippen molar-refractivity contribution in [2.75, 3.05) is 13.7 Å². The van der Waals surface area contributed by atoms with Gasteiger partial charge in [0.2, 0.25) is 0 Å². The van der Waals surface area contributed by atoms with Crippen LogP contribution in [-0.4, -0.2) is 46.7 Å². The topological polar surface area (TPSA) is 125 Å². The average Bonchev–Trinajstić information content (AvgIpc) is 3.10. The number of ether oxygens (including phenoxy) is 3. The standard InChI is InChI=1S/C23H21IN2O8S/c1-4-33-18-10-15(11-19-21(27)25(23(29)35-19)13(2)22(28)32-3)9-17(24)20(18)34-12-14-5-7-16(8-6-14)26(30)31/h5-11,13H,4,12H2,1-3H3/b19-11+/t13-/m1/s1. The fourth-order valence-electron chi connectivity index (χ4n) is 3.18. The number of nitro groups is 1. The summed E-state index contributed by atoms with van der Waals surface area (Å²) in [7, 11) is 1.19. The minimum absolute atomic E-state index is 0.00640. The van der Waals surface area contributed by atoms with Gasteiger partial charge in [-0.25, -0.2) is 4.79 Å². The van der Waals surface area contributed by atoms with Gasteiger partial charge in [-0.1, -0.05) is 0 Å². The first-order valence-electron chi connectivity index (χ1n) is 10.3.